The molecule has 1 aliphatic rings. The topological polar surface area (TPSA) is 84.4 Å². The summed E-state index contributed by atoms with van der Waals surface area (Å²) >= 11 is 0. The van der Waals surface area contributed by atoms with Crippen LogP contribution >= 0.6 is 0 Å². The Morgan fingerprint density at radius 3 is 2.46 bits per heavy atom. The van der Waals surface area contributed by atoms with E-state index in [0.717, 1.165) is 61.2 Å². The highest BCUT2D eigenvalue weighted by Gasteiger charge is 2.33. The molecule has 1 aliphatic heterocycles. The van der Waals surface area contributed by atoms with E-state index >= 15 is 0 Å². The number of carbonyl (C=O) groups is 2. The first-order valence-corrected chi connectivity index (χ1v) is 14.0. The lowest BCUT2D eigenvalue weighted by atomic mass is 9.86. The van der Waals surface area contributed by atoms with Crippen molar-refractivity contribution in [1.82, 2.24) is 14.8 Å². The smallest absolute Gasteiger partial charge is 0.410 e. The maximum atomic E-state index is 12.5. The van der Waals surface area contributed by atoms with Gasteiger partial charge in [0.2, 0.25) is 0 Å². The predicted octanol–water partition coefficient (Wildman–Crippen LogP) is 4.97. The van der Waals surface area contributed by atoms with Crippen LogP contribution in [0.1, 0.15) is 53.4 Å². The fourth-order valence-electron chi connectivity index (χ4n) is 5.42. The number of fused-ring (bicyclic) bond motifs is 1. The standard InChI is InChI=1S/C30H46N4O5/c1-8-33(28-25(37-6)13-12-23-11-9-16-31-27(23)28)18-10-17-32(5)24(21-26(35)38-7)22-14-19-34(20-15-22)29(36)39-30(2,3)4/h9,11-13,16,22,24H,8,10,14-15,17-21H2,1-7H3. The lowest BCUT2D eigenvalue weighted by Gasteiger charge is -2.40. The van der Waals surface area contributed by atoms with E-state index in [9.17, 15) is 9.59 Å². The number of likely N-dealkylation sites (tertiary alicyclic amines) is 1. The zero-order valence-corrected chi connectivity index (χ0v) is 24.7. The molecule has 1 unspecified atom stereocenters. The van der Waals surface area contributed by atoms with Gasteiger partial charge in [0.25, 0.3) is 0 Å². The Labute approximate surface area is 233 Å². The van der Waals surface area contributed by atoms with Crippen LogP contribution in [0.15, 0.2) is 30.5 Å². The largest absolute Gasteiger partial charge is 0.494 e. The van der Waals surface area contributed by atoms with Gasteiger partial charge in [0.15, 0.2) is 0 Å². The van der Waals surface area contributed by atoms with Gasteiger partial charge in [-0.3, -0.25) is 9.78 Å². The molecular formula is C30H46N4O5. The van der Waals surface area contributed by atoms with Gasteiger partial charge in [-0.1, -0.05) is 6.07 Å². The minimum atomic E-state index is -0.514. The molecular weight excluding hydrogens is 496 g/mol. The third-order valence-corrected chi connectivity index (χ3v) is 7.47. The number of amides is 1. The Balaban J connectivity index is 1.65. The van der Waals surface area contributed by atoms with Crippen LogP contribution in [-0.2, 0) is 14.3 Å². The number of aromatic nitrogens is 1. The van der Waals surface area contributed by atoms with Crippen molar-refractivity contribution in [2.24, 2.45) is 5.92 Å². The number of esters is 1. The van der Waals surface area contributed by atoms with E-state index in [4.69, 9.17) is 14.2 Å². The van der Waals surface area contributed by atoms with Gasteiger partial charge < -0.3 is 28.9 Å². The molecule has 1 fully saturated rings. The average Bonchev–Trinajstić information content (AvgIpc) is 2.92. The fraction of sp³-hybridized carbons (Fsp3) is 0.633. The number of hydrogen-bond donors (Lipinski definition) is 0. The van der Waals surface area contributed by atoms with Crippen LogP contribution in [0.4, 0.5) is 10.5 Å². The summed E-state index contributed by atoms with van der Waals surface area (Å²) < 4.78 is 16.3. The Bertz CT molecular complexity index is 1090. The molecule has 9 nitrogen and oxygen atoms in total. The van der Waals surface area contributed by atoms with Crippen molar-refractivity contribution in [3.63, 3.8) is 0 Å². The number of hydrogen-bond acceptors (Lipinski definition) is 8. The van der Waals surface area contributed by atoms with Crippen LogP contribution < -0.4 is 9.64 Å². The van der Waals surface area contributed by atoms with Crippen molar-refractivity contribution in [2.45, 2.75) is 65.0 Å². The molecule has 0 radical (unpaired) electrons. The molecule has 0 N–H and O–H groups in total. The number of rotatable bonds is 11. The van der Waals surface area contributed by atoms with Gasteiger partial charge in [-0.25, -0.2) is 4.79 Å². The van der Waals surface area contributed by atoms with Crippen molar-refractivity contribution in [1.29, 1.82) is 0 Å². The minimum Gasteiger partial charge on any atom is -0.494 e. The van der Waals surface area contributed by atoms with E-state index < -0.39 is 5.60 Å². The molecule has 1 amide bonds. The second kappa shape index (κ2) is 13.8. The highest BCUT2D eigenvalue weighted by Crippen LogP contribution is 2.35. The number of methoxy groups -OCH3 is 2. The third-order valence-electron chi connectivity index (χ3n) is 7.47. The van der Waals surface area contributed by atoms with Crippen LogP contribution in [-0.4, -0.2) is 92.5 Å². The molecule has 216 valence electrons. The number of carbonyl (C=O) groups excluding carboxylic acids is 2. The molecule has 9 heteroatoms. The molecule has 39 heavy (non-hydrogen) atoms. The lowest BCUT2D eigenvalue weighted by molar-refractivity contribution is -0.142. The van der Waals surface area contributed by atoms with E-state index in [-0.39, 0.29) is 24.0 Å². The minimum absolute atomic E-state index is 0.0436. The maximum absolute atomic E-state index is 12.5. The summed E-state index contributed by atoms with van der Waals surface area (Å²) in [6, 6.07) is 8.10. The summed E-state index contributed by atoms with van der Waals surface area (Å²) in [5, 5.41) is 1.08. The van der Waals surface area contributed by atoms with Crippen LogP contribution in [0.2, 0.25) is 0 Å². The molecule has 1 atom stereocenters. The Kier molecular flexibility index (Phi) is 10.8. The molecule has 1 aromatic carbocycles. The highest BCUT2D eigenvalue weighted by molar-refractivity contribution is 5.94. The van der Waals surface area contributed by atoms with Crippen LogP contribution in [0, 0.1) is 5.92 Å². The number of piperidine rings is 1. The number of benzene rings is 1. The first-order valence-electron chi connectivity index (χ1n) is 14.0. The van der Waals surface area contributed by atoms with Gasteiger partial charge in [-0.05, 0) is 84.7 Å². The highest BCUT2D eigenvalue weighted by atomic mass is 16.6. The molecule has 0 saturated carbocycles. The zero-order chi connectivity index (χ0) is 28.6. The third kappa shape index (κ3) is 8.21. The van der Waals surface area contributed by atoms with E-state index in [1.807, 2.05) is 45.2 Å². The molecule has 0 bridgehead atoms. The zero-order valence-electron chi connectivity index (χ0n) is 24.7. The van der Waals surface area contributed by atoms with Crippen LogP contribution in [0.5, 0.6) is 5.75 Å². The summed E-state index contributed by atoms with van der Waals surface area (Å²) in [5.74, 6) is 0.900. The molecule has 2 aromatic rings. The average molecular weight is 543 g/mol. The predicted molar refractivity (Wildman–Crippen MR) is 154 cm³/mol. The number of ether oxygens (including phenoxy) is 3. The van der Waals surface area contributed by atoms with Gasteiger partial charge in [0, 0.05) is 43.8 Å². The molecule has 2 heterocycles. The van der Waals surface area contributed by atoms with E-state index in [1.165, 1.54) is 7.11 Å². The quantitative estimate of drug-likeness (QED) is 0.368. The molecule has 3 rings (SSSR count). The number of nitrogens with zero attached hydrogens (tertiary/aromatic N) is 4. The van der Waals surface area contributed by atoms with Crippen molar-refractivity contribution >= 4 is 28.7 Å². The molecule has 1 saturated heterocycles. The second-order valence-electron chi connectivity index (χ2n) is 11.3. The van der Waals surface area contributed by atoms with Gasteiger partial charge in [-0.2, -0.15) is 0 Å². The lowest BCUT2D eigenvalue weighted by Crippen LogP contribution is -2.48. The van der Waals surface area contributed by atoms with Crippen molar-refractivity contribution in [2.75, 3.05) is 58.9 Å². The summed E-state index contributed by atoms with van der Waals surface area (Å²) in [6.45, 7) is 11.5. The van der Waals surface area contributed by atoms with Crippen molar-refractivity contribution in [3.05, 3.63) is 30.5 Å². The van der Waals surface area contributed by atoms with Crippen LogP contribution in [0.25, 0.3) is 10.9 Å². The van der Waals surface area contributed by atoms with E-state index in [2.05, 4.69) is 34.8 Å². The fourth-order valence-corrected chi connectivity index (χ4v) is 5.42. The first kappa shape index (κ1) is 30.5. The van der Waals surface area contributed by atoms with Gasteiger partial charge in [0.1, 0.15) is 17.0 Å². The number of anilines is 1. The van der Waals surface area contributed by atoms with Gasteiger partial charge in [0.05, 0.1) is 26.2 Å². The SMILES string of the molecule is CCN(CCCN(C)C(CC(=O)OC)C1CCN(C(=O)OC(C)(C)C)CC1)c1c(OC)ccc2cccnc12. The van der Waals surface area contributed by atoms with Crippen molar-refractivity contribution < 1.29 is 23.8 Å². The summed E-state index contributed by atoms with van der Waals surface area (Å²) in [5.41, 5.74) is 1.44. The van der Waals surface area contributed by atoms with Crippen LogP contribution in [0.3, 0.4) is 0 Å². The molecule has 1 aromatic heterocycles. The maximum Gasteiger partial charge on any atom is 0.410 e. The summed E-state index contributed by atoms with van der Waals surface area (Å²) in [7, 11) is 5.22. The van der Waals surface area contributed by atoms with Gasteiger partial charge in [-0.15, -0.1) is 0 Å². The molecule has 0 spiro atoms. The van der Waals surface area contributed by atoms with Gasteiger partial charge >= 0.3 is 12.1 Å². The Morgan fingerprint density at radius 1 is 1.13 bits per heavy atom. The van der Waals surface area contributed by atoms with Crippen molar-refractivity contribution in [3.8, 4) is 5.75 Å². The first-order chi connectivity index (χ1) is 18.6. The summed E-state index contributed by atoms with van der Waals surface area (Å²) in [4.78, 5) is 35.9. The Morgan fingerprint density at radius 2 is 1.85 bits per heavy atom. The van der Waals surface area contributed by atoms with E-state index in [0.29, 0.717) is 19.5 Å². The second-order valence-corrected chi connectivity index (χ2v) is 11.3. The normalized spacial score (nSPS) is 15.3. The monoisotopic (exact) mass is 542 g/mol. The van der Waals surface area contributed by atoms with E-state index in [1.54, 1.807) is 12.0 Å². The summed E-state index contributed by atoms with van der Waals surface area (Å²) in [6.07, 6.45) is 4.44. The Hall–Kier alpha value is -3.07. The molecule has 0 aliphatic carbocycles. The number of pyridine rings is 1.